The summed E-state index contributed by atoms with van der Waals surface area (Å²) in [4.78, 5) is 0. The van der Waals surface area contributed by atoms with Crippen molar-refractivity contribution in [3.05, 3.63) is 0 Å². The molecule has 0 aliphatic heterocycles. The molecule has 0 aromatic heterocycles. The molecule has 0 fully saturated rings. The standard InChI is InChI=1S/Cd.Ge.2P/q+2;+4;2*-3. The Labute approximate surface area is 64.3 Å². The van der Waals surface area contributed by atoms with Gasteiger partial charge in [0.1, 0.15) is 0 Å². The smallest absolute Gasteiger partial charge is 3.00 e. The average molecular weight is 247 g/mol. The monoisotopic (exact) mass is 250 g/mol. The van der Waals surface area contributed by atoms with Crippen LogP contribution in [0.4, 0.5) is 0 Å². The predicted octanol–water partition coefficient (Wildman–Crippen LogP) is 1.34. The minimum Gasteiger partial charge on any atom is -3.00 e. The Morgan fingerprint density at radius 1 is 0.750 bits per heavy atom. The first kappa shape index (κ1) is 33.2. The van der Waals surface area contributed by atoms with Crippen molar-refractivity contribution in [2.75, 3.05) is 0 Å². The molecule has 0 atom stereocenters. The Balaban J connectivity index is 0. The van der Waals surface area contributed by atoms with Gasteiger partial charge in [-0.15, -0.1) is 0 Å². The molecule has 16 valence electrons. The summed E-state index contributed by atoms with van der Waals surface area (Å²) < 4.78 is 0. The molecule has 0 aliphatic rings. The summed E-state index contributed by atoms with van der Waals surface area (Å²) in [5.41, 5.74) is 0. The Morgan fingerprint density at radius 2 is 0.750 bits per heavy atom. The minimum atomic E-state index is 0. The molecule has 0 saturated carbocycles. The molecule has 0 rings (SSSR count). The second-order valence-corrected chi connectivity index (χ2v) is 0. The van der Waals surface area contributed by atoms with Crippen molar-refractivity contribution in [3.8, 4) is 0 Å². The van der Waals surface area contributed by atoms with Gasteiger partial charge in [-0.2, -0.15) is 0 Å². The van der Waals surface area contributed by atoms with E-state index in [4.69, 9.17) is 0 Å². The molecule has 4 heteroatoms. The van der Waals surface area contributed by atoms with Gasteiger partial charge in [0.15, 0.2) is 0 Å². The topological polar surface area (TPSA) is 0 Å². The largest absolute Gasteiger partial charge is 4.00 e. The Kier molecular flexibility index (Phi) is 153. The van der Waals surface area contributed by atoms with Gasteiger partial charge in [0.25, 0.3) is 0 Å². The van der Waals surface area contributed by atoms with Crippen molar-refractivity contribution in [1.82, 2.24) is 0 Å². The maximum absolute atomic E-state index is 0. The number of rotatable bonds is 0. The van der Waals surface area contributed by atoms with Gasteiger partial charge in [0, 0.05) is 0 Å². The molecule has 0 heterocycles. The Morgan fingerprint density at radius 3 is 0.750 bits per heavy atom. The van der Waals surface area contributed by atoms with Crippen LogP contribution in [0.25, 0.3) is 0 Å². The van der Waals surface area contributed by atoms with Crippen LogP contribution in [0.2, 0.25) is 0 Å². The Bertz CT molecular complexity index is 6.00. The molecule has 0 bridgehead atoms. The van der Waals surface area contributed by atoms with Crippen molar-refractivity contribution in [1.29, 1.82) is 0 Å². The maximum Gasteiger partial charge on any atom is 4.00 e. The third-order valence-corrected chi connectivity index (χ3v) is 0. The predicted molar refractivity (Wildman–Crippen MR) is 19.6 cm³/mol. The van der Waals surface area contributed by atoms with Crippen LogP contribution in [0.5, 0.6) is 0 Å². The summed E-state index contributed by atoms with van der Waals surface area (Å²) in [6.07, 6.45) is 0. The molecular formula is CdGeP2. The van der Waals surface area contributed by atoms with Crippen molar-refractivity contribution in [2.45, 2.75) is 0 Å². The van der Waals surface area contributed by atoms with Crippen LogP contribution in [0.15, 0.2) is 0 Å². The van der Waals surface area contributed by atoms with Gasteiger partial charge in [-0.1, -0.05) is 0 Å². The van der Waals surface area contributed by atoms with E-state index in [2.05, 4.69) is 0 Å². The molecule has 0 amide bonds. The van der Waals surface area contributed by atoms with Gasteiger partial charge in [0.2, 0.25) is 0 Å². The zero-order valence-electron chi connectivity index (χ0n) is 2.10. The molecule has 0 radical (unpaired) electrons. The summed E-state index contributed by atoms with van der Waals surface area (Å²) in [6.45, 7) is 0. The molecule has 0 unspecified atom stereocenters. The molecule has 0 aromatic carbocycles. The van der Waals surface area contributed by atoms with E-state index >= 15 is 0 Å². The van der Waals surface area contributed by atoms with E-state index in [9.17, 15) is 0 Å². The third kappa shape index (κ3) is 8.85. The van der Waals surface area contributed by atoms with Crippen LogP contribution in [-0.2, 0) is 27.3 Å². The molecule has 0 spiro atoms. The minimum absolute atomic E-state index is 0. The van der Waals surface area contributed by atoms with Crippen LogP contribution in [0.3, 0.4) is 0 Å². The summed E-state index contributed by atoms with van der Waals surface area (Å²) in [5.74, 6) is 0. The van der Waals surface area contributed by atoms with Crippen molar-refractivity contribution < 1.29 is 27.3 Å². The van der Waals surface area contributed by atoms with Gasteiger partial charge < -0.3 is 19.8 Å². The van der Waals surface area contributed by atoms with E-state index in [1.165, 1.54) is 0 Å². The molecule has 0 aliphatic carbocycles. The van der Waals surface area contributed by atoms with Gasteiger partial charge in [-0.05, 0) is 0 Å². The van der Waals surface area contributed by atoms with E-state index < -0.39 is 0 Å². The van der Waals surface area contributed by atoms with Gasteiger partial charge >= 0.3 is 44.9 Å². The van der Waals surface area contributed by atoms with Crippen molar-refractivity contribution in [2.24, 2.45) is 0 Å². The summed E-state index contributed by atoms with van der Waals surface area (Å²) in [7, 11) is 0. The van der Waals surface area contributed by atoms with E-state index in [1.807, 2.05) is 0 Å². The first-order valence-electron chi connectivity index (χ1n) is 0. The number of hydrogen-bond donors (Lipinski definition) is 0. The second kappa shape index (κ2) is 18.4. The normalized spacial score (nSPS) is 0. The third-order valence-electron chi connectivity index (χ3n) is 0. The van der Waals surface area contributed by atoms with Gasteiger partial charge in [-0.25, -0.2) is 0 Å². The molecular weight excluding hydrogens is 247 g/mol. The second-order valence-electron chi connectivity index (χ2n) is 0. The van der Waals surface area contributed by atoms with E-state index in [1.54, 1.807) is 0 Å². The fourth-order valence-electron chi connectivity index (χ4n) is 0. The molecule has 0 nitrogen and oxygen atoms in total. The van der Waals surface area contributed by atoms with Crippen LogP contribution in [0.1, 0.15) is 0 Å². The molecule has 0 saturated heterocycles. The van der Waals surface area contributed by atoms with E-state index in [-0.39, 0.29) is 64.7 Å². The quantitative estimate of drug-likeness (QED) is 0.447. The van der Waals surface area contributed by atoms with Gasteiger partial charge in [0.05, 0.1) is 0 Å². The fourth-order valence-corrected chi connectivity index (χ4v) is 0. The van der Waals surface area contributed by atoms with Crippen molar-refractivity contribution >= 4 is 37.4 Å². The molecule has 0 aromatic rings. The zero-order chi connectivity index (χ0) is 0. The molecule has 0 N–H and O–H groups in total. The van der Waals surface area contributed by atoms with Crippen LogP contribution < -0.4 is 0 Å². The zero-order valence-corrected chi connectivity index (χ0v) is 10.0. The Hall–Kier alpha value is 2.32. The van der Waals surface area contributed by atoms with Crippen LogP contribution in [0, 0.1) is 0 Å². The first-order chi connectivity index (χ1) is 0. The van der Waals surface area contributed by atoms with Crippen LogP contribution in [-0.4, -0.2) is 17.6 Å². The van der Waals surface area contributed by atoms with Crippen molar-refractivity contribution in [3.63, 3.8) is 0 Å². The first-order valence-corrected chi connectivity index (χ1v) is 0. The van der Waals surface area contributed by atoms with Crippen LogP contribution >= 0.6 is 19.8 Å². The molecule has 4 heavy (non-hydrogen) atoms. The summed E-state index contributed by atoms with van der Waals surface area (Å²) in [6, 6.07) is 0. The van der Waals surface area contributed by atoms with E-state index in [0.717, 1.165) is 0 Å². The number of hydrogen-bond acceptors (Lipinski definition) is 0. The summed E-state index contributed by atoms with van der Waals surface area (Å²) >= 11 is 0. The van der Waals surface area contributed by atoms with Gasteiger partial charge in [-0.3, -0.25) is 0 Å². The summed E-state index contributed by atoms with van der Waals surface area (Å²) in [5, 5.41) is 0. The maximum atomic E-state index is 0. The average Bonchev–Trinajstić information content (AvgIpc) is 0. The fraction of sp³-hybridized carbons (Fsp3) is 0. The SMILES string of the molecule is [Cd+2].[Ge+4].[P-3].[P-3]. The van der Waals surface area contributed by atoms with E-state index in [0.29, 0.717) is 0 Å².